The fourth-order valence-electron chi connectivity index (χ4n) is 4.27. The van der Waals surface area contributed by atoms with Crippen LogP contribution in [0.25, 0.3) is 11.0 Å². The van der Waals surface area contributed by atoms with E-state index in [1.54, 1.807) is 7.11 Å². The Balaban J connectivity index is 1.50. The van der Waals surface area contributed by atoms with E-state index in [0.717, 1.165) is 62.2 Å². The third kappa shape index (κ3) is 3.34. The molecule has 0 aliphatic carbocycles. The lowest BCUT2D eigenvalue weighted by atomic mass is 10.2. The van der Waals surface area contributed by atoms with Crippen LogP contribution in [0.1, 0.15) is 18.4 Å². The summed E-state index contributed by atoms with van der Waals surface area (Å²) in [6.07, 6.45) is 2.67. The Morgan fingerprint density at radius 1 is 1.14 bits per heavy atom. The van der Waals surface area contributed by atoms with E-state index < -0.39 is 0 Å². The third-order valence-electron chi connectivity index (χ3n) is 5.63. The highest BCUT2D eigenvalue weighted by Gasteiger charge is 2.28. The highest BCUT2D eigenvalue weighted by molar-refractivity contribution is 5.80. The molecule has 1 fully saturated rings. The van der Waals surface area contributed by atoms with Gasteiger partial charge in [-0.2, -0.15) is 0 Å². The molecule has 1 saturated heterocycles. The second-order valence-corrected chi connectivity index (χ2v) is 7.65. The first-order valence-electron chi connectivity index (χ1n) is 9.97. The molecule has 0 spiro atoms. The number of benzene rings is 2. The van der Waals surface area contributed by atoms with Gasteiger partial charge in [0.15, 0.2) is 0 Å². The minimum absolute atomic E-state index is 0.343. The van der Waals surface area contributed by atoms with Crippen molar-refractivity contribution < 1.29 is 9.47 Å². The maximum absolute atomic E-state index is 5.89. The van der Waals surface area contributed by atoms with Crippen LogP contribution in [0.5, 0.6) is 5.75 Å². The van der Waals surface area contributed by atoms with Crippen molar-refractivity contribution >= 4 is 17.0 Å². The van der Waals surface area contributed by atoms with Gasteiger partial charge < -0.3 is 14.4 Å². The van der Waals surface area contributed by atoms with E-state index in [1.165, 1.54) is 12.0 Å². The van der Waals surface area contributed by atoms with Crippen LogP contribution in [0.4, 0.5) is 5.95 Å². The molecule has 0 amide bonds. The maximum Gasteiger partial charge on any atom is 0.209 e. The number of hydrogen-bond acceptors (Lipinski definition) is 5. The van der Waals surface area contributed by atoms with Gasteiger partial charge in [-0.25, -0.2) is 4.98 Å². The van der Waals surface area contributed by atoms with Crippen molar-refractivity contribution in [2.45, 2.75) is 32.2 Å². The van der Waals surface area contributed by atoms with Crippen molar-refractivity contribution in [3.63, 3.8) is 0 Å². The molecule has 0 saturated carbocycles. The number of nitrogens with zero attached hydrogens (tertiary/aromatic N) is 4. The Kier molecular flexibility index (Phi) is 4.66. The molecule has 0 N–H and O–H groups in total. The minimum Gasteiger partial charge on any atom is -0.497 e. The predicted molar refractivity (Wildman–Crippen MR) is 109 cm³/mol. The number of anilines is 1. The number of aromatic nitrogens is 2. The normalized spacial score (nSPS) is 19.9. The maximum atomic E-state index is 5.89. The molecule has 3 heterocycles. The van der Waals surface area contributed by atoms with Gasteiger partial charge in [-0.05, 0) is 30.5 Å². The van der Waals surface area contributed by atoms with Crippen molar-refractivity contribution in [2.24, 2.45) is 0 Å². The smallest absolute Gasteiger partial charge is 0.209 e. The summed E-state index contributed by atoms with van der Waals surface area (Å²) in [5.74, 6) is 1.87. The summed E-state index contributed by atoms with van der Waals surface area (Å²) in [4.78, 5) is 9.79. The van der Waals surface area contributed by atoms with Gasteiger partial charge >= 0.3 is 0 Å². The zero-order chi connectivity index (χ0) is 18.9. The van der Waals surface area contributed by atoms with Gasteiger partial charge in [-0.1, -0.05) is 30.3 Å². The molecular weight excluding hydrogens is 352 g/mol. The summed E-state index contributed by atoms with van der Waals surface area (Å²) < 4.78 is 13.6. The molecule has 2 aliphatic rings. The Hall–Kier alpha value is -2.57. The van der Waals surface area contributed by atoms with E-state index in [1.807, 2.05) is 12.1 Å². The average molecular weight is 378 g/mol. The first kappa shape index (κ1) is 17.5. The SMILES string of the molecule is COc1ccc2c(c1)nc1n2CN(C[C@@H]2CCCO2)CN1Cc1ccccc1. The molecule has 3 aromatic rings. The van der Waals surface area contributed by atoms with Crippen LogP contribution >= 0.6 is 0 Å². The average Bonchev–Trinajstić information content (AvgIpc) is 3.36. The Morgan fingerprint density at radius 3 is 2.82 bits per heavy atom. The second kappa shape index (κ2) is 7.45. The highest BCUT2D eigenvalue weighted by Crippen LogP contribution is 2.30. The largest absolute Gasteiger partial charge is 0.497 e. The van der Waals surface area contributed by atoms with E-state index in [4.69, 9.17) is 14.5 Å². The fraction of sp³-hybridized carbons (Fsp3) is 0.409. The number of ether oxygens (including phenoxy) is 2. The standard InChI is InChI=1S/C22H26N4O2/c1-27-18-9-10-21-20(12-18)23-22-25(13-17-6-3-2-4-7-17)15-24(16-26(21)22)14-19-8-5-11-28-19/h2-4,6-7,9-10,12,19H,5,8,11,13-16H2,1H3/t19-/m0/s1. The monoisotopic (exact) mass is 378 g/mol. The van der Waals surface area contributed by atoms with Crippen LogP contribution in [0.2, 0.25) is 0 Å². The highest BCUT2D eigenvalue weighted by atomic mass is 16.5. The van der Waals surface area contributed by atoms with Crippen LogP contribution in [0, 0.1) is 0 Å². The van der Waals surface area contributed by atoms with Crippen LogP contribution < -0.4 is 9.64 Å². The number of hydrogen-bond donors (Lipinski definition) is 0. The first-order valence-corrected chi connectivity index (χ1v) is 9.97. The molecule has 6 heteroatoms. The Morgan fingerprint density at radius 2 is 2.04 bits per heavy atom. The molecule has 146 valence electrons. The second-order valence-electron chi connectivity index (χ2n) is 7.65. The van der Waals surface area contributed by atoms with E-state index >= 15 is 0 Å². The van der Waals surface area contributed by atoms with E-state index in [0.29, 0.717) is 6.10 Å². The lowest BCUT2D eigenvalue weighted by molar-refractivity contribution is 0.0583. The van der Waals surface area contributed by atoms with Crippen LogP contribution in [-0.4, -0.2) is 47.5 Å². The molecule has 0 bridgehead atoms. The van der Waals surface area contributed by atoms with Gasteiger partial charge in [0.2, 0.25) is 5.95 Å². The summed E-state index contributed by atoms with van der Waals surface area (Å²) >= 11 is 0. The molecule has 2 aromatic carbocycles. The van der Waals surface area contributed by atoms with Crippen LogP contribution in [-0.2, 0) is 18.0 Å². The summed E-state index contributed by atoms with van der Waals surface area (Å²) in [5, 5.41) is 0. The van der Waals surface area contributed by atoms with Gasteiger partial charge in [0.05, 0.1) is 37.6 Å². The Labute approximate surface area is 165 Å². The molecule has 5 rings (SSSR count). The summed E-state index contributed by atoms with van der Waals surface area (Å²) in [7, 11) is 1.70. The van der Waals surface area contributed by atoms with Gasteiger partial charge in [0.1, 0.15) is 5.75 Å². The van der Waals surface area contributed by atoms with Crippen molar-refractivity contribution in [3.8, 4) is 5.75 Å². The van der Waals surface area contributed by atoms with Gasteiger partial charge in [0, 0.05) is 25.8 Å². The molecule has 1 atom stereocenters. The van der Waals surface area contributed by atoms with Gasteiger partial charge in [-0.3, -0.25) is 9.47 Å². The molecule has 6 nitrogen and oxygen atoms in total. The van der Waals surface area contributed by atoms with Crippen molar-refractivity contribution in [1.82, 2.24) is 14.5 Å². The topological polar surface area (TPSA) is 42.8 Å². The van der Waals surface area contributed by atoms with E-state index in [2.05, 4.69) is 50.8 Å². The Bertz CT molecular complexity index is 950. The molecule has 1 aromatic heterocycles. The summed E-state index contributed by atoms with van der Waals surface area (Å²) in [5.41, 5.74) is 3.41. The number of fused-ring (bicyclic) bond motifs is 3. The first-order chi connectivity index (χ1) is 13.8. The summed E-state index contributed by atoms with van der Waals surface area (Å²) in [6.45, 7) is 4.38. The lowest BCUT2D eigenvalue weighted by Crippen LogP contribution is -2.47. The van der Waals surface area contributed by atoms with Crippen molar-refractivity contribution in [1.29, 1.82) is 0 Å². The van der Waals surface area contributed by atoms with E-state index in [-0.39, 0.29) is 0 Å². The van der Waals surface area contributed by atoms with Crippen LogP contribution in [0.15, 0.2) is 48.5 Å². The third-order valence-corrected chi connectivity index (χ3v) is 5.63. The summed E-state index contributed by atoms with van der Waals surface area (Å²) in [6, 6.07) is 16.7. The van der Waals surface area contributed by atoms with Gasteiger partial charge in [-0.15, -0.1) is 0 Å². The number of methoxy groups -OCH3 is 1. The minimum atomic E-state index is 0.343. The van der Waals surface area contributed by atoms with E-state index in [9.17, 15) is 0 Å². The van der Waals surface area contributed by atoms with Crippen molar-refractivity contribution in [3.05, 3.63) is 54.1 Å². The predicted octanol–water partition coefficient (Wildman–Crippen LogP) is 3.46. The van der Waals surface area contributed by atoms with Gasteiger partial charge in [0.25, 0.3) is 0 Å². The number of rotatable bonds is 5. The zero-order valence-corrected chi connectivity index (χ0v) is 16.3. The quantitative estimate of drug-likeness (QED) is 0.680. The lowest BCUT2D eigenvalue weighted by Gasteiger charge is -2.38. The molecule has 0 unspecified atom stereocenters. The molecular formula is C22H26N4O2. The molecule has 2 aliphatic heterocycles. The zero-order valence-electron chi connectivity index (χ0n) is 16.3. The molecule has 0 radical (unpaired) electrons. The van der Waals surface area contributed by atoms with Crippen molar-refractivity contribution in [2.75, 3.05) is 31.8 Å². The van der Waals surface area contributed by atoms with Crippen LogP contribution in [0.3, 0.4) is 0 Å². The number of imidazole rings is 1. The molecule has 28 heavy (non-hydrogen) atoms. The fourth-order valence-corrected chi connectivity index (χ4v) is 4.27.